The van der Waals surface area contributed by atoms with Crippen LogP contribution in [0.15, 0.2) is 0 Å². The Labute approximate surface area is 82.9 Å². The monoisotopic (exact) mass is 204 g/mol. The molecule has 0 heterocycles. The molecule has 0 fully saturated rings. The van der Waals surface area contributed by atoms with E-state index >= 15 is 0 Å². The van der Waals surface area contributed by atoms with Gasteiger partial charge < -0.3 is 5.11 Å². The maximum atomic E-state index is 10.5. The number of carboxylic acids is 1. The van der Waals surface area contributed by atoms with Gasteiger partial charge in [0.1, 0.15) is 0 Å². The fourth-order valence-electron chi connectivity index (χ4n) is 1.05. The summed E-state index contributed by atoms with van der Waals surface area (Å²) in [5, 5.41) is 8.60. The standard InChI is InChI=1S/C9H16O3S/c1-7(6-9(11)12)4-3-5-13-8(2)10/h7H,3-6H2,1-2H3,(H,11,12)/t7-/m1/s1. The average molecular weight is 204 g/mol. The fourth-order valence-corrected chi connectivity index (χ4v) is 1.65. The maximum absolute atomic E-state index is 10.5. The van der Waals surface area contributed by atoms with Crippen LogP contribution in [0.4, 0.5) is 0 Å². The van der Waals surface area contributed by atoms with Crippen molar-refractivity contribution in [1.29, 1.82) is 0 Å². The number of carbonyl (C=O) groups excluding carboxylic acids is 1. The lowest BCUT2D eigenvalue weighted by molar-refractivity contribution is -0.138. The molecule has 0 bridgehead atoms. The first-order valence-electron chi connectivity index (χ1n) is 4.37. The van der Waals surface area contributed by atoms with Crippen LogP contribution in [0, 0.1) is 5.92 Å². The maximum Gasteiger partial charge on any atom is 0.303 e. The minimum absolute atomic E-state index is 0.130. The van der Waals surface area contributed by atoms with Crippen molar-refractivity contribution in [2.45, 2.75) is 33.1 Å². The van der Waals surface area contributed by atoms with E-state index in [-0.39, 0.29) is 17.5 Å². The van der Waals surface area contributed by atoms with Crippen molar-refractivity contribution in [3.63, 3.8) is 0 Å². The number of thioether (sulfide) groups is 1. The minimum atomic E-state index is -0.744. The molecule has 0 spiro atoms. The van der Waals surface area contributed by atoms with Gasteiger partial charge in [-0.1, -0.05) is 18.7 Å². The number of carboxylic acid groups (broad SMARTS) is 1. The van der Waals surface area contributed by atoms with E-state index in [1.807, 2.05) is 6.92 Å². The summed E-state index contributed by atoms with van der Waals surface area (Å²) in [4.78, 5) is 20.8. The highest BCUT2D eigenvalue weighted by Crippen LogP contribution is 2.13. The first kappa shape index (κ1) is 12.5. The molecular formula is C9H16O3S. The average Bonchev–Trinajstić information content (AvgIpc) is 1.96. The van der Waals surface area contributed by atoms with Crippen LogP contribution in [0.2, 0.25) is 0 Å². The Morgan fingerprint density at radius 3 is 2.54 bits per heavy atom. The molecule has 1 atom stereocenters. The van der Waals surface area contributed by atoms with Crippen molar-refractivity contribution >= 4 is 22.8 Å². The Morgan fingerprint density at radius 2 is 2.08 bits per heavy atom. The van der Waals surface area contributed by atoms with Crippen molar-refractivity contribution in [2.24, 2.45) is 5.92 Å². The smallest absolute Gasteiger partial charge is 0.303 e. The Kier molecular flexibility index (Phi) is 6.68. The molecule has 4 heteroatoms. The molecule has 0 rings (SSSR count). The van der Waals surface area contributed by atoms with E-state index in [9.17, 15) is 9.59 Å². The van der Waals surface area contributed by atoms with Gasteiger partial charge in [-0.15, -0.1) is 0 Å². The third kappa shape index (κ3) is 9.40. The Bertz CT molecular complexity index is 180. The van der Waals surface area contributed by atoms with Crippen LogP contribution in [0.3, 0.4) is 0 Å². The molecule has 1 N–H and O–H groups in total. The van der Waals surface area contributed by atoms with Gasteiger partial charge in [0.05, 0.1) is 0 Å². The van der Waals surface area contributed by atoms with Gasteiger partial charge in [0, 0.05) is 19.1 Å². The van der Waals surface area contributed by atoms with Crippen LogP contribution < -0.4 is 0 Å². The molecule has 0 unspecified atom stereocenters. The first-order valence-corrected chi connectivity index (χ1v) is 5.36. The summed E-state index contributed by atoms with van der Waals surface area (Å²) in [6.07, 6.45) is 2.02. The van der Waals surface area contributed by atoms with Crippen molar-refractivity contribution < 1.29 is 14.7 Å². The quantitative estimate of drug-likeness (QED) is 0.674. The summed E-state index contributed by atoms with van der Waals surface area (Å²) in [5.74, 6) is 0.274. The molecule has 0 saturated carbocycles. The fraction of sp³-hybridized carbons (Fsp3) is 0.778. The predicted octanol–water partition coefficient (Wildman–Crippen LogP) is 2.16. The van der Waals surface area contributed by atoms with Crippen LogP contribution in [0.5, 0.6) is 0 Å². The van der Waals surface area contributed by atoms with E-state index in [4.69, 9.17) is 5.11 Å². The summed E-state index contributed by atoms with van der Waals surface area (Å²) in [5.41, 5.74) is 0. The molecule has 0 aliphatic rings. The van der Waals surface area contributed by atoms with Crippen molar-refractivity contribution in [1.82, 2.24) is 0 Å². The number of aliphatic carboxylic acids is 1. The summed E-state index contributed by atoms with van der Waals surface area (Å²) in [7, 11) is 0. The summed E-state index contributed by atoms with van der Waals surface area (Å²) < 4.78 is 0. The van der Waals surface area contributed by atoms with Gasteiger partial charge in [-0.2, -0.15) is 0 Å². The van der Waals surface area contributed by atoms with Crippen LogP contribution in [-0.4, -0.2) is 21.9 Å². The number of hydrogen-bond acceptors (Lipinski definition) is 3. The van der Waals surface area contributed by atoms with Gasteiger partial charge in [-0.05, 0) is 18.8 Å². The molecule has 0 aromatic rings. The molecule has 0 saturated heterocycles. The number of rotatable bonds is 6. The third-order valence-corrected chi connectivity index (χ3v) is 2.57. The van der Waals surface area contributed by atoms with Crippen LogP contribution in [0.25, 0.3) is 0 Å². The van der Waals surface area contributed by atoms with E-state index in [0.29, 0.717) is 0 Å². The van der Waals surface area contributed by atoms with Crippen LogP contribution in [0.1, 0.15) is 33.1 Å². The van der Waals surface area contributed by atoms with Gasteiger partial charge in [0.2, 0.25) is 0 Å². The largest absolute Gasteiger partial charge is 0.481 e. The zero-order valence-electron chi connectivity index (χ0n) is 8.08. The van der Waals surface area contributed by atoms with E-state index < -0.39 is 5.97 Å². The first-order chi connectivity index (χ1) is 6.02. The Balaban J connectivity index is 3.31. The van der Waals surface area contributed by atoms with Gasteiger partial charge in [-0.25, -0.2) is 0 Å². The molecule has 0 aliphatic carbocycles. The molecule has 0 aromatic heterocycles. The highest BCUT2D eigenvalue weighted by molar-refractivity contribution is 8.13. The Morgan fingerprint density at radius 1 is 1.46 bits per heavy atom. The zero-order chi connectivity index (χ0) is 10.3. The highest BCUT2D eigenvalue weighted by Gasteiger charge is 2.06. The molecule has 13 heavy (non-hydrogen) atoms. The highest BCUT2D eigenvalue weighted by atomic mass is 32.2. The van der Waals surface area contributed by atoms with Gasteiger partial charge in [0.15, 0.2) is 5.12 Å². The molecule has 0 aromatic carbocycles. The van der Waals surface area contributed by atoms with E-state index in [1.165, 1.54) is 11.8 Å². The Hall–Kier alpha value is -0.510. The van der Waals surface area contributed by atoms with E-state index in [0.717, 1.165) is 18.6 Å². The second kappa shape index (κ2) is 6.95. The lowest BCUT2D eigenvalue weighted by Crippen LogP contribution is -2.04. The summed E-state index contributed by atoms with van der Waals surface area (Å²) in [6.45, 7) is 3.47. The van der Waals surface area contributed by atoms with Crippen LogP contribution >= 0.6 is 11.8 Å². The van der Waals surface area contributed by atoms with Crippen molar-refractivity contribution in [2.75, 3.05) is 5.75 Å². The number of hydrogen-bond donors (Lipinski definition) is 1. The zero-order valence-corrected chi connectivity index (χ0v) is 8.89. The molecule has 0 aliphatic heterocycles. The topological polar surface area (TPSA) is 54.4 Å². The third-order valence-electron chi connectivity index (χ3n) is 1.67. The molecular weight excluding hydrogens is 188 g/mol. The van der Waals surface area contributed by atoms with Gasteiger partial charge in [0.25, 0.3) is 0 Å². The predicted molar refractivity (Wildman–Crippen MR) is 53.8 cm³/mol. The molecule has 0 radical (unpaired) electrons. The SMILES string of the molecule is CC(=O)SCCC[C@@H](C)CC(=O)O. The van der Waals surface area contributed by atoms with Crippen molar-refractivity contribution in [3.05, 3.63) is 0 Å². The van der Waals surface area contributed by atoms with Gasteiger partial charge in [-0.3, -0.25) is 9.59 Å². The minimum Gasteiger partial charge on any atom is -0.481 e. The molecule has 76 valence electrons. The summed E-state index contributed by atoms with van der Waals surface area (Å²) in [6, 6.07) is 0. The lowest BCUT2D eigenvalue weighted by atomic mass is 10.0. The summed E-state index contributed by atoms with van der Waals surface area (Å²) >= 11 is 1.31. The van der Waals surface area contributed by atoms with Crippen LogP contribution in [-0.2, 0) is 9.59 Å². The van der Waals surface area contributed by atoms with Gasteiger partial charge >= 0.3 is 5.97 Å². The van der Waals surface area contributed by atoms with E-state index in [1.54, 1.807) is 6.92 Å². The van der Waals surface area contributed by atoms with Crippen molar-refractivity contribution in [3.8, 4) is 0 Å². The normalized spacial score (nSPS) is 12.5. The molecule has 3 nitrogen and oxygen atoms in total. The number of carbonyl (C=O) groups is 2. The second-order valence-electron chi connectivity index (χ2n) is 3.19. The van der Waals surface area contributed by atoms with E-state index in [2.05, 4.69) is 0 Å². The lowest BCUT2D eigenvalue weighted by Gasteiger charge is -2.06. The second-order valence-corrected chi connectivity index (χ2v) is 4.46. The molecule has 0 amide bonds.